The van der Waals surface area contributed by atoms with Crippen LogP contribution in [0.3, 0.4) is 0 Å². The Morgan fingerprint density at radius 2 is 1.53 bits per heavy atom. The van der Waals surface area contributed by atoms with E-state index in [0.29, 0.717) is 12.4 Å². The van der Waals surface area contributed by atoms with Gasteiger partial charge in [-0.2, -0.15) is 0 Å². The molecule has 0 heterocycles. The fourth-order valence-corrected chi connectivity index (χ4v) is 5.64. The van der Waals surface area contributed by atoms with Gasteiger partial charge in [-0.1, -0.05) is 85.9 Å². The van der Waals surface area contributed by atoms with E-state index >= 15 is 0 Å². The van der Waals surface area contributed by atoms with E-state index in [9.17, 15) is 8.42 Å². The molecule has 0 bridgehead atoms. The van der Waals surface area contributed by atoms with Gasteiger partial charge in [-0.25, -0.2) is 8.93 Å². The first-order valence-electron chi connectivity index (χ1n) is 13.2. The molecule has 0 saturated heterocycles. The third-order valence-corrected chi connectivity index (χ3v) is 8.91. The van der Waals surface area contributed by atoms with Gasteiger partial charge in [0, 0.05) is 23.3 Å². The second-order valence-corrected chi connectivity index (χ2v) is 13.8. The summed E-state index contributed by atoms with van der Waals surface area (Å²) in [4.78, 5) is 0.813. The van der Waals surface area contributed by atoms with Gasteiger partial charge in [0.25, 0.3) is 0 Å². The van der Waals surface area contributed by atoms with Crippen LogP contribution in [0.5, 0.6) is 0 Å². The molecule has 1 N–H and O–H groups in total. The molecule has 4 nitrogen and oxygen atoms in total. The molecule has 0 aliphatic carbocycles. The zero-order valence-corrected chi connectivity index (χ0v) is 24.2. The minimum atomic E-state index is -1.22. The van der Waals surface area contributed by atoms with Crippen LogP contribution < -0.4 is 4.72 Å². The minimum absolute atomic E-state index is 0.192. The molecule has 3 atom stereocenters. The molecule has 0 unspecified atom stereocenters. The highest BCUT2D eigenvalue weighted by molar-refractivity contribution is 7.85. The summed E-state index contributed by atoms with van der Waals surface area (Å²) in [5, 5.41) is 0. The van der Waals surface area contributed by atoms with Crippen molar-refractivity contribution in [3.63, 3.8) is 0 Å². The Labute approximate surface area is 224 Å². The summed E-state index contributed by atoms with van der Waals surface area (Å²) in [7, 11) is -2.37. The van der Waals surface area contributed by atoms with Crippen LogP contribution in [-0.2, 0) is 33.1 Å². The van der Waals surface area contributed by atoms with E-state index in [0.717, 1.165) is 36.3 Å². The van der Waals surface area contributed by atoms with Gasteiger partial charge in [0.05, 0.1) is 33.1 Å². The quantitative estimate of drug-likeness (QED) is 0.176. The lowest BCUT2D eigenvalue weighted by atomic mass is 10.1. The van der Waals surface area contributed by atoms with Gasteiger partial charge in [0.2, 0.25) is 0 Å². The maximum atomic E-state index is 12.9. The highest BCUT2D eigenvalue weighted by atomic mass is 32.2. The SMILES string of the molecule is Cc1ccc([S@](=O)C[C@@H](/C=C/CCCCCCCCOCc2ccccc2)N[S@@](=O)C(C)(C)C)cc1. The van der Waals surface area contributed by atoms with Gasteiger partial charge in [0.15, 0.2) is 0 Å². The summed E-state index contributed by atoms with van der Waals surface area (Å²) in [6, 6.07) is 17.9. The Morgan fingerprint density at radius 1 is 0.889 bits per heavy atom. The van der Waals surface area contributed by atoms with Crippen LogP contribution in [0.4, 0.5) is 0 Å². The van der Waals surface area contributed by atoms with Crippen molar-refractivity contribution >= 4 is 21.8 Å². The van der Waals surface area contributed by atoms with Crippen LogP contribution in [0, 0.1) is 6.92 Å². The molecule has 2 rings (SSSR count). The first kappa shape index (κ1) is 30.6. The van der Waals surface area contributed by atoms with Crippen molar-refractivity contribution in [3.05, 3.63) is 77.9 Å². The Morgan fingerprint density at radius 3 is 2.19 bits per heavy atom. The number of nitrogens with one attached hydrogen (secondary N) is 1. The predicted octanol–water partition coefficient (Wildman–Crippen LogP) is 7.03. The minimum Gasteiger partial charge on any atom is -0.377 e. The van der Waals surface area contributed by atoms with Crippen molar-refractivity contribution in [2.45, 2.75) is 94.9 Å². The lowest BCUT2D eigenvalue weighted by Gasteiger charge is -2.22. The third-order valence-electron chi connectivity index (χ3n) is 5.82. The fourth-order valence-electron chi connectivity index (χ4n) is 3.59. The van der Waals surface area contributed by atoms with Crippen LogP contribution in [0.25, 0.3) is 0 Å². The first-order chi connectivity index (χ1) is 17.3. The number of aryl methyl sites for hydroxylation is 1. The van der Waals surface area contributed by atoms with Gasteiger partial charge in [0.1, 0.15) is 0 Å². The Bertz CT molecular complexity index is 937. The number of benzene rings is 2. The van der Waals surface area contributed by atoms with Crippen molar-refractivity contribution in [2.24, 2.45) is 0 Å². The van der Waals surface area contributed by atoms with Gasteiger partial charge in [-0.05, 0) is 64.7 Å². The fraction of sp³-hybridized carbons (Fsp3) is 0.533. The average molecular weight is 532 g/mol. The maximum Gasteiger partial charge on any atom is 0.0976 e. The van der Waals surface area contributed by atoms with E-state index in [1.54, 1.807) is 0 Å². The second-order valence-electron chi connectivity index (χ2n) is 10.3. The highest BCUT2D eigenvalue weighted by Crippen LogP contribution is 2.14. The van der Waals surface area contributed by atoms with Crippen molar-refractivity contribution in [1.82, 2.24) is 4.72 Å². The van der Waals surface area contributed by atoms with E-state index < -0.39 is 21.8 Å². The van der Waals surface area contributed by atoms with Gasteiger partial charge < -0.3 is 4.74 Å². The molecular weight excluding hydrogens is 486 g/mol. The molecule has 2 aromatic rings. The smallest absolute Gasteiger partial charge is 0.0976 e. The van der Waals surface area contributed by atoms with Crippen LogP contribution in [0.2, 0.25) is 0 Å². The van der Waals surface area contributed by atoms with Crippen molar-refractivity contribution < 1.29 is 13.2 Å². The van der Waals surface area contributed by atoms with E-state index in [4.69, 9.17) is 4.74 Å². The van der Waals surface area contributed by atoms with Gasteiger partial charge >= 0.3 is 0 Å². The summed E-state index contributed by atoms with van der Waals surface area (Å²) in [6.45, 7) is 9.39. The van der Waals surface area contributed by atoms with Crippen molar-refractivity contribution in [3.8, 4) is 0 Å². The summed E-state index contributed by atoms with van der Waals surface area (Å²) in [5.74, 6) is 0.410. The van der Waals surface area contributed by atoms with Crippen LogP contribution in [-0.4, -0.2) is 31.6 Å². The second kappa shape index (κ2) is 17.0. The normalized spacial score (nSPS) is 14.7. The molecule has 200 valence electrons. The topological polar surface area (TPSA) is 55.4 Å². The van der Waals surface area contributed by atoms with Gasteiger partial charge in [-0.15, -0.1) is 0 Å². The van der Waals surface area contributed by atoms with Gasteiger partial charge in [-0.3, -0.25) is 4.21 Å². The molecular formula is C30H45NO3S2. The maximum absolute atomic E-state index is 12.9. The monoisotopic (exact) mass is 531 g/mol. The molecule has 0 aliphatic heterocycles. The molecule has 36 heavy (non-hydrogen) atoms. The molecule has 0 fully saturated rings. The number of rotatable bonds is 17. The lowest BCUT2D eigenvalue weighted by molar-refractivity contribution is 0.116. The Hall–Kier alpha value is -1.60. The largest absolute Gasteiger partial charge is 0.377 e. The molecule has 6 heteroatoms. The zero-order chi connectivity index (χ0) is 26.2. The molecule has 0 spiro atoms. The highest BCUT2D eigenvalue weighted by Gasteiger charge is 2.23. The number of hydrogen-bond acceptors (Lipinski definition) is 3. The van der Waals surface area contributed by atoms with Crippen molar-refractivity contribution in [2.75, 3.05) is 12.4 Å². The number of hydrogen-bond donors (Lipinski definition) is 1. The molecule has 0 aromatic heterocycles. The van der Waals surface area contributed by atoms with Crippen LogP contribution in [0.15, 0.2) is 71.6 Å². The summed E-state index contributed by atoms with van der Waals surface area (Å²) >= 11 is 0. The molecule has 0 amide bonds. The Kier molecular flexibility index (Phi) is 14.5. The molecule has 2 aromatic carbocycles. The lowest BCUT2D eigenvalue weighted by Crippen LogP contribution is -2.41. The number of unbranched alkanes of at least 4 members (excludes halogenated alkanes) is 6. The third kappa shape index (κ3) is 13.1. The zero-order valence-electron chi connectivity index (χ0n) is 22.5. The average Bonchev–Trinajstić information content (AvgIpc) is 2.85. The standard InChI is InChI=1S/C30H45NO3S2/c1-26-19-21-29(22-20-26)35(32)25-28(31-36(33)30(2,3)4)18-14-9-7-5-6-8-10-15-23-34-24-27-16-12-11-13-17-27/h11-14,16-22,28,31H,5-10,15,23-25H2,1-4H3/b18-14+/t28-,35-,36+/m1/s1. The van der Waals surface area contributed by atoms with Crippen molar-refractivity contribution in [1.29, 1.82) is 0 Å². The number of ether oxygens (including phenoxy) is 1. The van der Waals surface area contributed by atoms with E-state index in [-0.39, 0.29) is 10.8 Å². The summed E-state index contributed by atoms with van der Waals surface area (Å²) in [5.41, 5.74) is 2.38. The molecule has 0 radical (unpaired) electrons. The summed E-state index contributed by atoms with van der Waals surface area (Å²) < 4.78 is 34.1. The van der Waals surface area contributed by atoms with Crippen LogP contribution >= 0.6 is 0 Å². The van der Waals surface area contributed by atoms with E-state index in [1.807, 2.05) is 70.2 Å². The number of allylic oxidation sites excluding steroid dienone is 1. The summed E-state index contributed by atoms with van der Waals surface area (Å²) in [6.07, 6.45) is 12.3. The van der Waals surface area contributed by atoms with E-state index in [2.05, 4.69) is 29.0 Å². The molecule has 0 aliphatic rings. The van der Waals surface area contributed by atoms with E-state index in [1.165, 1.54) is 31.2 Å². The van der Waals surface area contributed by atoms with Crippen LogP contribution in [0.1, 0.15) is 76.8 Å². The predicted molar refractivity (Wildman–Crippen MR) is 155 cm³/mol. The first-order valence-corrected chi connectivity index (χ1v) is 15.6. The Balaban J connectivity index is 1.65. The molecule has 0 saturated carbocycles.